The summed E-state index contributed by atoms with van der Waals surface area (Å²) >= 11 is 0. The molecule has 0 heteroatoms. The second-order valence-corrected chi connectivity index (χ2v) is 20.5. The Morgan fingerprint density at radius 1 is 0.288 bits per heavy atom. The zero-order valence-electron chi connectivity index (χ0n) is 36.7. The van der Waals surface area contributed by atoms with Gasteiger partial charge in [-0.25, -0.2) is 0 Å². The van der Waals surface area contributed by atoms with Gasteiger partial charge in [0.15, 0.2) is 0 Å². The Kier molecular flexibility index (Phi) is 10.7. The molecule has 0 radical (unpaired) electrons. The molecule has 0 saturated heterocycles. The zero-order valence-corrected chi connectivity index (χ0v) is 36.7. The fourth-order valence-corrected chi connectivity index (χ4v) is 9.06. The summed E-state index contributed by atoms with van der Waals surface area (Å²) in [4.78, 5) is 0. The van der Waals surface area contributed by atoms with Crippen LogP contribution in [0.2, 0.25) is 0 Å². The van der Waals surface area contributed by atoms with Crippen molar-refractivity contribution in [3.05, 3.63) is 180 Å². The molecule has 0 aliphatic rings. The summed E-state index contributed by atoms with van der Waals surface area (Å²) in [6.07, 6.45) is 3.34. The Morgan fingerprint density at radius 2 is 0.712 bits per heavy atom. The summed E-state index contributed by atoms with van der Waals surface area (Å²) in [6, 6.07) is 60.1. The minimum Gasteiger partial charge on any atom is -0.0616 e. The molecular formula is C59H60. The quantitative estimate of drug-likeness (QED) is 0.124. The molecule has 0 fully saturated rings. The predicted octanol–water partition coefficient (Wildman–Crippen LogP) is 17.3. The van der Waals surface area contributed by atoms with E-state index in [2.05, 4.69) is 226 Å². The summed E-state index contributed by atoms with van der Waals surface area (Å²) in [7, 11) is 0. The van der Waals surface area contributed by atoms with Crippen LogP contribution < -0.4 is 0 Å². The molecule has 296 valence electrons. The summed E-state index contributed by atoms with van der Waals surface area (Å²) in [5, 5.41) is 19.1. The zero-order chi connectivity index (χ0) is 41.5. The smallest absolute Gasteiger partial charge is 0.00240 e. The van der Waals surface area contributed by atoms with Crippen LogP contribution >= 0.6 is 0 Å². The van der Waals surface area contributed by atoms with Crippen molar-refractivity contribution in [2.75, 3.05) is 0 Å². The first-order valence-electron chi connectivity index (χ1n) is 21.5. The van der Waals surface area contributed by atoms with Crippen molar-refractivity contribution in [3.63, 3.8) is 0 Å². The van der Waals surface area contributed by atoms with Crippen LogP contribution in [0, 0.1) is 16.2 Å². The van der Waals surface area contributed by atoms with Crippen LogP contribution in [0.15, 0.2) is 164 Å². The molecule has 0 N–H and O–H groups in total. The largest absolute Gasteiger partial charge is 0.0616 e. The predicted molar refractivity (Wildman–Crippen MR) is 263 cm³/mol. The highest BCUT2D eigenvalue weighted by Gasteiger charge is 2.18. The maximum absolute atomic E-state index is 2.34. The average molecular weight is 769 g/mol. The molecule has 0 bridgehead atoms. The van der Waals surface area contributed by atoms with E-state index >= 15 is 0 Å². The van der Waals surface area contributed by atoms with Crippen molar-refractivity contribution in [1.29, 1.82) is 0 Å². The second-order valence-electron chi connectivity index (χ2n) is 20.5. The standard InChI is InChI=1S/C21H20.2C19H20/c1-21(2,3)13-17-10-9-16-8-7-14-5-4-6-15-11-12-18(17)20(16)19(14)15;1-19(2,3)13-18-16-10-6-4-8-14(16)12-15-9-5-7-11-17(15)18;1-19(2,3)13-14-8-9-17-11-15-6-4-5-7-16(15)12-18(17)10-14/h4-12H,13H2,1-3H3;2*4-12H,13H2,1-3H3. The third kappa shape index (κ3) is 9.14. The Hall–Kier alpha value is -5.72. The topological polar surface area (TPSA) is 0 Å². The van der Waals surface area contributed by atoms with Crippen molar-refractivity contribution >= 4 is 75.4 Å². The first kappa shape index (κ1) is 40.1. The first-order chi connectivity index (χ1) is 28.1. The fraction of sp³-hybridized carbons (Fsp3) is 0.254. The van der Waals surface area contributed by atoms with Gasteiger partial charge in [0.25, 0.3) is 0 Å². The number of benzene rings is 10. The van der Waals surface area contributed by atoms with Gasteiger partial charge in [0.2, 0.25) is 0 Å². The van der Waals surface area contributed by atoms with Crippen molar-refractivity contribution in [2.45, 2.75) is 81.6 Å². The van der Waals surface area contributed by atoms with Crippen molar-refractivity contribution in [3.8, 4) is 0 Å². The number of hydrogen-bond acceptors (Lipinski definition) is 0. The monoisotopic (exact) mass is 768 g/mol. The number of rotatable bonds is 3. The Balaban J connectivity index is 0.000000123. The van der Waals surface area contributed by atoms with E-state index in [1.54, 1.807) is 0 Å². The van der Waals surface area contributed by atoms with Crippen LogP contribution in [0.4, 0.5) is 0 Å². The average Bonchev–Trinajstić information content (AvgIpc) is 3.18. The van der Waals surface area contributed by atoms with E-state index in [0.29, 0.717) is 16.2 Å². The summed E-state index contributed by atoms with van der Waals surface area (Å²) < 4.78 is 0. The van der Waals surface area contributed by atoms with Crippen LogP contribution in [-0.4, -0.2) is 0 Å². The number of fused-ring (bicyclic) bond motifs is 4. The van der Waals surface area contributed by atoms with Gasteiger partial charge in [-0.05, 0) is 146 Å². The van der Waals surface area contributed by atoms with Gasteiger partial charge in [-0.2, -0.15) is 0 Å². The minimum atomic E-state index is 0.299. The lowest BCUT2D eigenvalue weighted by Gasteiger charge is -2.21. The second kappa shape index (κ2) is 15.8. The molecule has 0 saturated carbocycles. The van der Waals surface area contributed by atoms with Crippen LogP contribution in [0.1, 0.15) is 79.0 Å². The third-order valence-corrected chi connectivity index (χ3v) is 11.4. The van der Waals surface area contributed by atoms with Gasteiger partial charge < -0.3 is 0 Å². The highest BCUT2D eigenvalue weighted by Crippen LogP contribution is 2.38. The lowest BCUT2D eigenvalue weighted by atomic mass is 9.84. The molecule has 0 aliphatic heterocycles. The molecule has 0 aromatic heterocycles. The van der Waals surface area contributed by atoms with Crippen molar-refractivity contribution in [2.24, 2.45) is 16.2 Å². The molecule has 10 rings (SSSR count). The van der Waals surface area contributed by atoms with Crippen LogP contribution in [0.5, 0.6) is 0 Å². The molecule has 10 aromatic carbocycles. The molecule has 10 aromatic rings. The van der Waals surface area contributed by atoms with Crippen molar-refractivity contribution in [1.82, 2.24) is 0 Å². The molecule has 0 unspecified atom stereocenters. The van der Waals surface area contributed by atoms with Crippen LogP contribution in [0.25, 0.3) is 75.4 Å². The van der Waals surface area contributed by atoms with E-state index in [-0.39, 0.29) is 0 Å². The lowest BCUT2D eigenvalue weighted by Crippen LogP contribution is -2.10. The lowest BCUT2D eigenvalue weighted by molar-refractivity contribution is 0.411. The highest BCUT2D eigenvalue weighted by molar-refractivity contribution is 6.23. The van der Waals surface area contributed by atoms with E-state index in [0.717, 1.165) is 19.3 Å². The molecule has 0 nitrogen and oxygen atoms in total. The van der Waals surface area contributed by atoms with Gasteiger partial charge in [0.1, 0.15) is 0 Å². The molecule has 0 amide bonds. The SMILES string of the molecule is CC(C)(C)Cc1c2ccccc2cc2ccccc12.CC(C)(C)Cc1ccc2cc3ccccc3cc2c1.CC(C)(C)Cc1ccc2ccc3cccc4ccc1c2c34. The van der Waals surface area contributed by atoms with Crippen LogP contribution in [0.3, 0.4) is 0 Å². The molecule has 0 heterocycles. The maximum Gasteiger partial charge on any atom is -0.00240 e. The van der Waals surface area contributed by atoms with E-state index < -0.39 is 0 Å². The van der Waals surface area contributed by atoms with Gasteiger partial charge in [-0.15, -0.1) is 0 Å². The van der Waals surface area contributed by atoms with Gasteiger partial charge in [0, 0.05) is 0 Å². The van der Waals surface area contributed by atoms with Gasteiger partial charge in [0.05, 0.1) is 0 Å². The third-order valence-electron chi connectivity index (χ3n) is 11.4. The minimum absolute atomic E-state index is 0.299. The fourth-order valence-electron chi connectivity index (χ4n) is 9.06. The first-order valence-corrected chi connectivity index (χ1v) is 21.5. The van der Waals surface area contributed by atoms with Gasteiger partial charge in [-0.3, -0.25) is 0 Å². The molecular weight excluding hydrogens is 709 g/mol. The summed E-state index contributed by atoms with van der Waals surface area (Å²) in [5.74, 6) is 0. The molecule has 0 aliphatic carbocycles. The molecule has 59 heavy (non-hydrogen) atoms. The van der Waals surface area contributed by atoms with E-state index in [9.17, 15) is 0 Å². The summed E-state index contributed by atoms with van der Waals surface area (Å²) in [6.45, 7) is 20.7. The van der Waals surface area contributed by atoms with Gasteiger partial charge >= 0.3 is 0 Å². The Morgan fingerprint density at radius 3 is 1.29 bits per heavy atom. The van der Waals surface area contributed by atoms with Gasteiger partial charge in [-0.1, -0.05) is 208 Å². The maximum atomic E-state index is 2.34. The van der Waals surface area contributed by atoms with Crippen molar-refractivity contribution < 1.29 is 0 Å². The Labute approximate surface area is 352 Å². The van der Waals surface area contributed by atoms with Crippen LogP contribution in [-0.2, 0) is 19.3 Å². The Bertz CT molecular complexity index is 2990. The molecule has 0 spiro atoms. The van der Waals surface area contributed by atoms with E-state index in [4.69, 9.17) is 0 Å². The summed E-state index contributed by atoms with van der Waals surface area (Å²) in [5.41, 5.74) is 5.32. The highest BCUT2D eigenvalue weighted by atomic mass is 14.2. The molecule has 0 atom stereocenters. The normalized spacial score (nSPS) is 12.4. The van der Waals surface area contributed by atoms with E-state index in [1.165, 1.54) is 92.1 Å². The number of hydrogen-bond donors (Lipinski definition) is 0. The van der Waals surface area contributed by atoms with E-state index in [1.807, 2.05) is 0 Å².